The molecule has 218 valence electrons. The van der Waals surface area contributed by atoms with E-state index in [9.17, 15) is 18.0 Å². The number of piperazine rings is 1. The smallest absolute Gasteiger partial charge is 0.354 e. The van der Waals surface area contributed by atoms with Gasteiger partial charge in [0.1, 0.15) is 17.8 Å². The molecule has 2 heterocycles. The number of aromatic nitrogens is 1. The van der Waals surface area contributed by atoms with Gasteiger partial charge in [0, 0.05) is 31.6 Å². The van der Waals surface area contributed by atoms with Gasteiger partial charge in [-0.2, -0.15) is 13.2 Å². The van der Waals surface area contributed by atoms with Gasteiger partial charge < -0.3 is 10.2 Å². The first-order valence-electron chi connectivity index (χ1n) is 14.6. The molecular weight excluding hydrogens is 537 g/mol. The SMILES string of the molecule is Cc1ccc2nc(N3CCN(CCCCC4(C(=O)NCC(F)(F)F)c5ccccc5-c5ccccc54)CC3)ccc2c1. The van der Waals surface area contributed by atoms with Crippen molar-refractivity contribution >= 4 is 22.6 Å². The normalized spacial score (nSPS) is 16.3. The highest BCUT2D eigenvalue weighted by Gasteiger charge is 2.49. The van der Waals surface area contributed by atoms with Crippen molar-refractivity contribution in [3.05, 3.63) is 95.6 Å². The number of alkyl halides is 3. The largest absolute Gasteiger partial charge is 0.405 e. The van der Waals surface area contributed by atoms with E-state index in [-0.39, 0.29) is 0 Å². The van der Waals surface area contributed by atoms with Crippen molar-refractivity contribution in [3.8, 4) is 11.1 Å². The van der Waals surface area contributed by atoms with Crippen LogP contribution in [0.3, 0.4) is 0 Å². The van der Waals surface area contributed by atoms with Gasteiger partial charge >= 0.3 is 6.18 Å². The van der Waals surface area contributed by atoms with Gasteiger partial charge in [0.25, 0.3) is 0 Å². The van der Waals surface area contributed by atoms with Crippen molar-refractivity contribution < 1.29 is 18.0 Å². The van der Waals surface area contributed by atoms with Gasteiger partial charge in [-0.15, -0.1) is 0 Å². The lowest BCUT2D eigenvalue weighted by Gasteiger charge is -2.36. The molecule has 4 aromatic rings. The van der Waals surface area contributed by atoms with Crippen molar-refractivity contribution in [3.63, 3.8) is 0 Å². The van der Waals surface area contributed by atoms with Gasteiger partial charge in [-0.1, -0.05) is 66.6 Å². The Hall–Kier alpha value is -3.91. The van der Waals surface area contributed by atoms with E-state index in [4.69, 9.17) is 4.98 Å². The second kappa shape index (κ2) is 11.4. The van der Waals surface area contributed by atoms with Crippen LogP contribution in [0.1, 0.15) is 36.0 Å². The molecule has 0 atom stereocenters. The van der Waals surface area contributed by atoms with Crippen molar-refractivity contribution in [1.82, 2.24) is 15.2 Å². The summed E-state index contributed by atoms with van der Waals surface area (Å²) in [5, 5.41) is 3.37. The Morgan fingerprint density at radius 3 is 2.21 bits per heavy atom. The van der Waals surface area contributed by atoms with Crippen LogP contribution in [0.15, 0.2) is 78.9 Å². The summed E-state index contributed by atoms with van der Waals surface area (Å²) < 4.78 is 39.4. The quantitative estimate of drug-likeness (QED) is 0.246. The zero-order valence-electron chi connectivity index (χ0n) is 23.8. The average molecular weight is 573 g/mol. The summed E-state index contributed by atoms with van der Waals surface area (Å²) in [6.45, 7) is 5.22. The number of unbranched alkanes of at least 4 members (excludes halogenated alkanes) is 1. The number of nitrogens with one attached hydrogen (secondary N) is 1. The Labute approximate surface area is 244 Å². The molecular formula is C34H35F3N4O. The van der Waals surface area contributed by atoms with Crippen LogP contribution in [0.25, 0.3) is 22.0 Å². The minimum absolute atomic E-state index is 0.450. The fraction of sp³-hybridized carbons (Fsp3) is 0.353. The summed E-state index contributed by atoms with van der Waals surface area (Å²) in [6, 6.07) is 25.8. The van der Waals surface area contributed by atoms with Gasteiger partial charge in [-0.05, 0) is 72.8 Å². The number of rotatable bonds is 8. The van der Waals surface area contributed by atoms with E-state index < -0.39 is 24.0 Å². The van der Waals surface area contributed by atoms with Crippen molar-refractivity contribution in [1.29, 1.82) is 0 Å². The lowest BCUT2D eigenvalue weighted by molar-refractivity contribution is -0.141. The molecule has 5 nitrogen and oxygen atoms in total. The maximum Gasteiger partial charge on any atom is 0.405 e. The van der Waals surface area contributed by atoms with Gasteiger partial charge in [0.2, 0.25) is 5.91 Å². The van der Waals surface area contributed by atoms with Crippen molar-refractivity contribution in [2.24, 2.45) is 0 Å². The van der Waals surface area contributed by atoms with Gasteiger partial charge in [0.05, 0.1) is 5.52 Å². The molecule has 1 aliphatic heterocycles. The number of fused-ring (bicyclic) bond motifs is 4. The first kappa shape index (κ1) is 28.2. The third-order valence-corrected chi connectivity index (χ3v) is 8.70. The van der Waals surface area contributed by atoms with E-state index >= 15 is 0 Å². The number of hydrogen-bond donors (Lipinski definition) is 1. The van der Waals surface area contributed by atoms with Crippen LogP contribution >= 0.6 is 0 Å². The zero-order valence-corrected chi connectivity index (χ0v) is 23.8. The fourth-order valence-electron chi connectivity index (χ4n) is 6.62. The number of carbonyl (C=O) groups is 1. The Morgan fingerprint density at radius 1 is 0.881 bits per heavy atom. The summed E-state index contributed by atoms with van der Waals surface area (Å²) in [4.78, 5) is 23.3. The zero-order chi connectivity index (χ0) is 29.3. The molecule has 1 amide bonds. The van der Waals surface area contributed by atoms with Crippen molar-refractivity contribution in [2.45, 2.75) is 37.8 Å². The van der Waals surface area contributed by atoms with Crippen LogP contribution in [-0.2, 0) is 10.2 Å². The molecule has 6 rings (SSSR count). The van der Waals surface area contributed by atoms with Gasteiger partial charge in [0.15, 0.2) is 0 Å². The summed E-state index contributed by atoms with van der Waals surface area (Å²) in [7, 11) is 0. The third kappa shape index (κ3) is 5.48. The molecule has 0 radical (unpaired) electrons. The molecule has 1 saturated heterocycles. The summed E-state index contributed by atoms with van der Waals surface area (Å²) in [5.41, 5.74) is 4.50. The second-order valence-corrected chi connectivity index (χ2v) is 11.4. The molecule has 0 saturated carbocycles. The Bertz CT molecular complexity index is 1550. The van der Waals surface area contributed by atoms with E-state index in [1.165, 1.54) is 5.56 Å². The number of aryl methyl sites for hydroxylation is 1. The molecule has 42 heavy (non-hydrogen) atoms. The van der Waals surface area contributed by atoms with Crippen LogP contribution in [0.4, 0.5) is 19.0 Å². The molecule has 0 bridgehead atoms. The maximum atomic E-state index is 13.7. The third-order valence-electron chi connectivity index (χ3n) is 8.70. The first-order chi connectivity index (χ1) is 20.2. The number of halogens is 3. The summed E-state index contributed by atoms with van der Waals surface area (Å²) >= 11 is 0. The number of carbonyl (C=O) groups excluding carboxylic acids is 1. The number of hydrogen-bond acceptors (Lipinski definition) is 4. The predicted octanol–water partition coefficient (Wildman–Crippen LogP) is 6.48. The molecule has 2 aliphatic rings. The highest BCUT2D eigenvalue weighted by molar-refractivity contribution is 6.00. The first-order valence-corrected chi connectivity index (χ1v) is 14.6. The molecule has 3 aromatic carbocycles. The minimum Gasteiger partial charge on any atom is -0.354 e. The second-order valence-electron chi connectivity index (χ2n) is 11.4. The molecule has 8 heteroatoms. The van der Waals surface area contributed by atoms with E-state index in [0.29, 0.717) is 12.8 Å². The van der Waals surface area contributed by atoms with Crippen LogP contribution in [0, 0.1) is 6.92 Å². The topological polar surface area (TPSA) is 48.5 Å². The number of anilines is 1. The number of amides is 1. The van der Waals surface area contributed by atoms with E-state index in [1.807, 2.05) is 48.5 Å². The van der Waals surface area contributed by atoms with Crippen LogP contribution in [0.2, 0.25) is 0 Å². The minimum atomic E-state index is -4.47. The van der Waals surface area contributed by atoms with Crippen LogP contribution in [0.5, 0.6) is 0 Å². The monoisotopic (exact) mass is 572 g/mol. The van der Waals surface area contributed by atoms with Gasteiger partial charge in [-0.25, -0.2) is 4.98 Å². The van der Waals surface area contributed by atoms with Crippen LogP contribution in [-0.4, -0.2) is 61.2 Å². The lowest BCUT2D eigenvalue weighted by atomic mass is 9.73. The highest BCUT2D eigenvalue weighted by atomic mass is 19.4. The maximum absolute atomic E-state index is 13.7. The molecule has 1 aromatic heterocycles. The fourth-order valence-corrected chi connectivity index (χ4v) is 6.62. The molecule has 0 spiro atoms. The lowest BCUT2D eigenvalue weighted by Crippen LogP contribution is -2.47. The number of pyridine rings is 1. The average Bonchev–Trinajstić information content (AvgIpc) is 3.28. The molecule has 1 fully saturated rings. The van der Waals surface area contributed by atoms with E-state index in [1.54, 1.807) is 0 Å². The summed E-state index contributed by atoms with van der Waals surface area (Å²) in [6.07, 6.45) is -2.45. The number of benzene rings is 3. The van der Waals surface area contributed by atoms with Gasteiger partial charge in [-0.3, -0.25) is 9.69 Å². The molecule has 1 N–H and O–H groups in total. The molecule has 0 unspecified atom stereocenters. The Kier molecular flexibility index (Phi) is 7.66. The Balaban J connectivity index is 1.11. The number of nitrogens with zero attached hydrogens (tertiary/aromatic N) is 3. The summed E-state index contributed by atoms with van der Waals surface area (Å²) in [5.74, 6) is 0.417. The van der Waals surface area contributed by atoms with E-state index in [0.717, 1.165) is 78.1 Å². The standard InChI is InChI=1S/C34H35F3N4O/c1-24-12-14-30-25(22-24)13-15-31(39-30)41-20-18-40(19-21-41)17-7-6-16-33(32(42)38-23-34(35,36)37)28-10-4-2-8-26(28)27-9-3-5-11-29(27)33/h2-5,8-15,22H,6-7,16-21,23H2,1H3,(H,38,42). The van der Waals surface area contributed by atoms with Crippen LogP contribution < -0.4 is 10.2 Å². The molecule has 1 aliphatic carbocycles. The highest BCUT2D eigenvalue weighted by Crippen LogP contribution is 2.51. The predicted molar refractivity (Wildman–Crippen MR) is 161 cm³/mol. The van der Waals surface area contributed by atoms with E-state index in [2.05, 4.69) is 52.4 Å². The Morgan fingerprint density at radius 2 is 1.55 bits per heavy atom. The van der Waals surface area contributed by atoms with Crippen molar-refractivity contribution in [2.75, 3.05) is 44.2 Å².